The van der Waals surface area contributed by atoms with Gasteiger partial charge in [0.15, 0.2) is 0 Å². The van der Waals surface area contributed by atoms with Crippen molar-refractivity contribution in [1.82, 2.24) is 19.8 Å². The lowest BCUT2D eigenvalue weighted by atomic mass is 10.0. The second-order valence-electron chi connectivity index (χ2n) is 10.1. The number of likely N-dealkylation sites (N-methyl/N-ethyl adjacent to an activating group) is 1. The number of rotatable bonds is 8. The van der Waals surface area contributed by atoms with Crippen LogP contribution in [0.4, 0.5) is 11.5 Å². The number of piperidine rings is 1. The number of hydrogen-bond donors (Lipinski definition) is 2. The van der Waals surface area contributed by atoms with Gasteiger partial charge in [-0.3, -0.25) is 9.69 Å². The van der Waals surface area contributed by atoms with Gasteiger partial charge in [0.05, 0.1) is 12.2 Å². The zero-order chi connectivity index (χ0) is 28.5. The molecule has 0 spiro atoms. The molecule has 5 rings (SSSR count). The van der Waals surface area contributed by atoms with Gasteiger partial charge in [-0.1, -0.05) is 37.3 Å². The highest BCUT2D eigenvalue weighted by molar-refractivity contribution is 5.95. The third-order valence-electron chi connectivity index (χ3n) is 7.58. The molecule has 3 aromatic rings. The van der Waals surface area contributed by atoms with E-state index in [-0.39, 0.29) is 11.7 Å². The number of nitrogens with zero attached hydrogens (tertiary/aromatic N) is 5. The van der Waals surface area contributed by atoms with Gasteiger partial charge in [0.2, 0.25) is 5.91 Å². The quantitative estimate of drug-likeness (QED) is 0.401. The summed E-state index contributed by atoms with van der Waals surface area (Å²) in [6, 6.07) is 12.1. The lowest BCUT2D eigenvalue weighted by Gasteiger charge is -2.31. The number of benzene rings is 2. The van der Waals surface area contributed by atoms with Gasteiger partial charge in [0.25, 0.3) is 0 Å². The molecule has 0 saturated carbocycles. The highest BCUT2D eigenvalue weighted by Gasteiger charge is 2.24. The van der Waals surface area contributed by atoms with Crippen LogP contribution in [-0.2, 0) is 17.8 Å². The molecule has 2 aliphatic rings. The van der Waals surface area contributed by atoms with E-state index in [4.69, 9.17) is 15.5 Å². The summed E-state index contributed by atoms with van der Waals surface area (Å²) < 4.78 is 5.88. The standard InChI is InChI=1S/C24H29N5O2.C7H13NO/c25-23-20-8-11-29(22-15-18(30)14-17-6-2-3-7-19(17)22)16-21(20)26-24(27-23)31-13-12-28-9-4-1-5-10-28;1-4-7(9)8(5-2)6-3/h2-3,6-7,14-15,30H,1,4-5,8-13,16H2,(H2,25,26,27);4H,1,5-6H2,2-3H3. The Labute approximate surface area is 237 Å². The summed E-state index contributed by atoms with van der Waals surface area (Å²) in [4.78, 5) is 26.3. The van der Waals surface area contributed by atoms with Crippen molar-refractivity contribution in [3.8, 4) is 11.8 Å². The maximum atomic E-state index is 10.8. The third-order valence-corrected chi connectivity index (χ3v) is 7.58. The molecule has 1 amide bonds. The minimum Gasteiger partial charge on any atom is -0.508 e. The molecule has 2 aliphatic heterocycles. The van der Waals surface area contributed by atoms with Gasteiger partial charge in [-0.05, 0) is 63.7 Å². The average molecular weight is 547 g/mol. The first-order valence-corrected chi connectivity index (χ1v) is 14.3. The van der Waals surface area contributed by atoms with Gasteiger partial charge in [0, 0.05) is 48.9 Å². The molecule has 9 nitrogen and oxygen atoms in total. The van der Waals surface area contributed by atoms with Crippen LogP contribution in [0.1, 0.15) is 44.4 Å². The topological polar surface area (TPSA) is 108 Å². The molecule has 3 N–H and O–H groups in total. The largest absolute Gasteiger partial charge is 0.508 e. The second-order valence-corrected chi connectivity index (χ2v) is 10.1. The van der Waals surface area contributed by atoms with E-state index in [0.717, 1.165) is 73.4 Å². The predicted molar refractivity (Wildman–Crippen MR) is 161 cm³/mol. The first-order valence-electron chi connectivity index (χ1n) is 14.3. The summed E-state index contributed by atoms with van der Waals surface area (Å²) in [6.45, 7) is 14.0. The third kappa shape index (κ3) is 7.21. The first kappa shape index (κ1) is 29.1. The monoisotopic (exact) mass is 546 g/mol. The van der Waals surface area contributed by atoms with Crippen molar-refractivity contribution >= 4 is 28.2 Å². The van der Waals surface area contributed by atoms with Crippen LogP contribution in [0.15, 0.2) is 49.1 Å². The normalized spacial score (nSPS) is 15.1. The van der Waals surface area contributed by atoms with Crippen LogP contribution in [0, 0.1) is 0 Å². The molecule has 0 bridgehead atoms. The lowest BCUT2D eigenvalue weighted by Crippen LogP contribution is -2.34. The van der Waals surface area contributed by atoms with Gasteiger partial charge in [0.1, 0.15) is 18.2 Å². The first-order chi connectivity index (χ1) is 19.4. The fraction of sp³-hybridized carbons (Fsp3) is 0.452. The molecule has 1 aromatic heterocycles. The number of phenols is 1. The zero-order valence-electron chi connectivity index (χ0n) is 23.8. The summed E-state index contributed by atoms with van der Waals surface area (Å²) >= 11 is 0. The number of fused-ring (bicyclic) bond motifs is 2. The number of likely N-dealkylation sites (tertiary alicyclic amines) is 1. The molecule has 214 valence electrons. The van der Waals surface area contributed by atoms with Gasteiger partial charge in [-0.25, -0.2) is 0 Å². The van der Waals surface area contributed by atoms with Crippen molar-refractivity contribution in [1.29, 1.82) is 0 Å². The van der Waals surface area contributed by atoms with Crippen LogP contribution in [0.2, 0.25) is 0 Å². The number of ether oxygens (including phenoxy) is 1. The number of nitrogens with two attached hydrogens (primary N) is 1. The van der Waals surface area contributed by atoms with E-state index in [1.807, 2.05) is 38.1 Å². The molecule has 1 fully saturated rings. The molecule has 40 heavy (non-hydrogen) atoms. The van der Waals surface area contributed by atoms with Crippen LogP contribution in [0.5, 0.6) is 11.8 Å². The van der Waals surface area contributed by atoms with E-state index in [1.165, 1.54) is 25.3 Å². The number of carbonyl (C=O) groups excluding carboxylic acids is 1. The smallest absolute Gasteiger partial charge is 0.318 e. The zero-order valence-corrected chi connectivity index (χ0v) is 23.8. The summed E-state index contributed by atoms with van der Waals surface area (Å²) in [7, 11) is 0. The number of phenolic OH excluding ortho intramolecular Hbond substituents is 1. The van der Waals surface area contributed by atoms with Gasteiger partial charge in [-0.15, -0.1) is 0 Å². The molecule has 0 atom stereocenters. The van der Waals surface area contributed by atoms with Crippen molar-refractivity contribution in [3.05, 3.63) is 60.3 Å². The number of anilines is 2. The molecule has 9 heteroatoms. The molecule has 1 saturated heterocycles. The fourth-order valence-electron chi connectivity index (χ4n) is 5.36. The number of hydrogen-bond acceptors (Lipinski definition) is 8. The Hall–Kier alpha value is -3.85. The number of carbonyl (C=O) groups is 1. The van der Waals surface area contributed by atoms with Gasteiger partial charge < -0.3 is 25.4 Å². The van der Waals surface area contributed by atoms with Gasteiger partial charge >= 0.3 is 6.01 Å². The van der Waals surface area contributed by atoms with Crippen molar-refractivity contribution in [2.75, 3.05) is 56.5 Å². The van der Waals surface area contributed by atoms with Crippen molar-refractivity contribution in [3.63, 3.8) is 0 Å². The highest BCUT2D eigenvalue weighted by atomic mass is 16.5. The van der Waals surface area contributed by atoms with E-state index in [1.54, 1.807) is 11.0 Å². The lowest BCUT2D eigenvalue weighted by molar-refractivity contribution is -0.125. The Morgan fingerprint density at radius 3 is 2.58 bits per heavy atom. The Kier molecular flexibility index (Phi) is 10.2. The summed E-state index contributed by atoms with van der Waals surface area (Å²) in [5.74, 6) is 0.793. The Balaban J connectivity index is 0.000000357. The number of nitrogen functional groups attached to an aromatic ring is 1. The van der Waals surface area contributed by atoms with Gasteiger partial charge in [-0.2, -0.15) is 9.97 Å². The molecule has 0 radical (unpaired) electrons. The van der Waals surface area contributed by atoms with E-state index in [0.29, 0.717) is 25.0 Å². The highest BCUT2D eigenvalue weighted by Crippen LogP contribution is 2.35. The SMILES string of the molecule is C=CC(=O)N(CC)CC.Nc1nc(OCCN2CCCCC2)nc2c1CCN(c1cc(O)cc3ccccc13)C2. The Bertz CT molecular complexity index is 1300. The molecule has 0 aliphatic carbocycles. The summed E-state index contributed by atoms with van der Waals surface area (Å²) in [5.41, 5.74) is 9.17. The van der Waals surface area contributed by atoms with Crippen LogP contribution < -0.4 is 15.4 Å². The average Bonchev–Trinajstić information content (AvgIpc) is 2.98. The molecular formula is C31H42N6O3. The van der Waals surface area contributed by atoms with E-state index in [2.05, 4.69) is 27.4 Å². The van der Waals surface area contributed by atoms with Crippen LogP contribution in [0.25, 0.3) is 10.8 Å². The second kappa shape index (κ2) is 14.0. The van der Waals surface area contributed by atoms with Crippen LogP contribution >= 0.6 is 0 Å². The van der Waals surface area contributed by atoms with E-state index < -0.39 is 0 Å². The van der Waals surface area contributed by atoms with E-state index in [9.17, 15) is 9.90 Å². The number of aromatic hydroxyl groups is 1. The summed E-state index contributed by atoms with van der Waals surface area (Å²) in [6.07, 6.45) is 5.96. The fourth-order valence-corrected chi connectivity index (χ4v) is 5.36. The number of aromatic nitrogens is 2. The molecule has 0 unspecified atom stereocenters. The van der Waals surface area contributed by atoms with E-state index >= 15 is 0 Å². The molecular weight excluding hydrogens is 504 g/mol. The Morgan fingerprint density at radius 2 is 1.88 bits per heavy atom. The van der Waals surface area contributed by atoms with Crippen LogP contribution in [0.3, 0.4) is 0 Å². The van der Waals surface area contributed by atoms with Crippen LogP contribution in [-0.4, -0.2) is 76.7 Å². The minimum atomic E-state index is 0.0139. The maximum absolute atomic E-state index is 10.8. The summed E-state index contributed by atoms with van der Waals surface area (Å²) in [5, 5.41) is 12.4. The Morgan fingerprint density at radius 1 is 1.12 bits per heavy atom. The minimum absolute atomic E-state index is 0.0139. The molecule has 3 heterocycles. The van der Waals surface area contributed by atoms with Crippen molar-refractivity contribution in [2.45, 2.75) is 46.1 Å². The van der Waals surface area contributed by atoms with Crippen molar-refractivity contribution in [2.24, 2.45) is 0 Å². The molecule has 2 aromatic carbocycles. The number of amides is 1. The maximum Gasteiger partial charge on any atom is 0.318 e. The van der Waals surface area contributed by atoms with Crippen molar-refractivity contribution < 1.29 is 14.6 Å². The predicted octanol–water partition coefficient (Wildman–Crippen LogP) is 4.39.